The fraction of sp³-hybridized carbons (Fsp3) is 0.720. The third kappa shape index (κ3) is 8.32. The van der Waals surface area contributed by atoms with Gasteiger partial charge in [-0.3, -0.25) is 0 Å². The molecule has 1 aromatic rings. The van der Waals surface area contributed by atoms with E-state index in [9.17, 15) is 9.90 Å². The Bertz CT molecular complexity index is 715. The number of likely N-dealkylation sites (tertiary alicyclic amines) is 1. The van der Waals surface area contributed by atoms with Gasteiger partial charge >= 0.3 is 6.09 Å². The zero-order chi connectivity index (χ0) is 22.6. The van der Waals surface area contributed by atoms with Gasteiger partial charge in [-0.2, -0.15) is 0 Å². The van der Waals surface area contributed by atoms with E-state index < -0.39 is 11.2 Å². The van der Waals surface area contributed by atoms with Crippen molar-refractivity contribution in [3.05, 3.63) is 29.8 Å². The summed E-state index contributed by atoms with van der Waals surface area (Å²) in [4.78, 5) is 15.3. The summed E-state index contributed by atoms with van der Waals surface area (Å²) in [7, 11) is 0. The van der Waals surface area contributed by atoms with E-state index in [-0.39, 0.29) is 6.09 Å². The molecule has 1 aliphatic carbocycles. The van der Waals surface area contributed by atoms with Gasteiger partial charge in [0.1, 0.15) is 5.60 Å². The molecule has 1 saturated carbocycles. The lowest BCUT2D eigenvalue weighted by Crippen LogP contribution is -2.42. The maximum Gasteiger partial charge on any atom is 0.410 e. The maximum absolute atomic E-state index is 12.2. The van der Waals surface area contributed by atoms with Gasteiger partial charge in [0.2, 0.25) is 0 Å². The first kappa shape index (κ1) is 24.4. The lowest BCUT2D eigenvalue weighted by molar-refractivity contribution is 0.0170. The fourth-order valence-electron chi connectivity index (χ4n) is 4.15. The molecule has 0 aromatic heterocycles. The molecule has 3 rings (SSSR count). The zero-order valence-corrected chi connectivity index (χ0v) is 20.5. The molecule has 31 heavy (non-hydrogen) atoms. The quantitative estimate of drug-likeness (QED) is 0.542. The van der Waals surface area contributed by atoms with E-state index in [1.165, 1.54) is 16.9 Å². The Morgan fingerprint density at radius 1 is 1.13 bits per heavy atom. The third-order valence-corrected chi connectivity index (χ3v) is 7.35. The van der Waals surface area contributed by atoms with Crippen molar-refractivity contribution in [2.45, 2.75) is 76.6 Å². The minimum absolute atomic E-state index is 0.175. The minimum Gasteiger partial charge on any atom is -0.444 e. The standard InChI is InChI=1S/C25H39NO4S/c1-24(2,3)30-23(27)26-12-10-19(11-13-26)22-14-20(22)16-29-15-18-6-8-21(9-7-18)31-17-25(4,5)28/h6-9,19-20,22,28H,10-17H2,1-5H3/t20-,22+/m0/s1. The van der Waals surface area contributed by atoms with Crippen LogP contribution in [-0.2, 0) is 16.1 Å². The summed E-state index contributed by atoms with van der Waals surface area (Å²) in [5.41, 5.74) is 0.109. The molecule has 5 nitrogen and oxygen atoms in total. The van der Waals surface area contributed by atoms with Crippen LogP contribution in [0.3, 0.4) is 0 Å². The van der Waals surface area contributed by atoms with Crippen LogP contribution in [0.1, 0.15) is 59.4 Å². The molecule has 2 aliphatic rings. The van der Waals surface area contributed by atoms with Gasteiger partial charge in [-0.25, -0.2) is 4.79 Å². The molecule has 6 heteroatoms. The van der Waals surface area contributed by atoms with Crippen LogP contribution in [0.25, 0.3) is 0 Å². The van der Waals surface area contributed by atoms with Crippen LogP contribution in [0.2, 0.25) is 0 Å². The molecule has 1 amide bonds. The summed E-state index contributed by atoms with van der Waals surface area (Å²) >= 11 is 1.67. The number of carbonyl (C=O) groups is 1. The van der Waals surface area contributed by atoms with E-state index in [1.54, 1.807) is 11.8 Å². The molecule has 1 heterocycles. The average molecular weight is 450 g/mol. The summed E-state index contributed by atoms with van der Waals surface area (Å²) in [6.07, 6.45) is 3.23. The zero-order valence-electron chi connectivity index (χ0n) is 19.7. The molecular weight excluding hydrogens is 410 g/mol. The van der Waals surface area contributed by atoms with Crippen LogP contribution < -0.4 is 0 Å². The first-order valence-electron chi connectivity index (χ1n) is 11.5. The van der Waals surface area contributed by atoms with Crippen molar-refractivity contribution >= 4 is 17.9 Å². The van der Waals surface area contributed by atoms with E-state index in [4.69, 9.17) is 9.47 Å². The summed E-state index contributed by atoms with van der Waals surface area (Å²) in [6.45, 7) is 12.5. The number of thioether (sulfide) groups is 1. The number of benzene rings is 1. The van der Waals surface area contributed by atoms with Gasteiger partial charge < -0.3 is 19.5 Å². The van der Waals surface area contributed by atoms with Gasteiger partial charge in [0.15, 0.2) is 0 Å². The van der Waals surface area contributed by atoms with Gasteiger partial charge in [0.05, 0.1) is 18.8 Å². The van der Waals surface area contributed by atoms with Crippen LogP contribution in [0.5, 0.6) is 0 Å². The number of carbonyl (C=O) groups excluding carboxylic acids is 1. The Morgan fingerprint density at radius 2 is 1.77 bits per heavy atom. The number of ether oxygens (including phenoxy) is 2. The van der Waals surface area contributed by atoms with Crippen molar-refractivity contribution in [2.75, 3.05) is 25.4 Å². The fourth-order valence-corrected chi connectivity index (χ4v) is 5.00. The largest absolute Gasteiger partial charge is 0.444 e. The van der Waals surface area contributed by atoms with Crippen LogP contribution in [-0.4, -0.2) is 52.8 Å². The van der Waals surface area contributed by atoms with Crippen LogP contribution in [0.4, 0.5) is 4.79 Å². The Balaban J connectivity index is 1.31. The molecule has 1 aliphatic heterocycles. The number of rotatable bonds is 8. The maximum atomic E-state index is 12.2. The van der Waals surface area contributed by atoms with Gasteiger partial charge in [-0.1, -0.05) is 12.1 Å². The second-order valence-electron chi connectivity index (χ2n) is 10.7. The van der Waals surface area contributed by atoms with E-state index in [2.05, 4.69) is 24.3 Å². The number of hydrogen-bond acceptors (Lipinski definition) is 5. The topological polar surface area (TPSA) is 59.0 Å². The van der Waals surface area contributed by atoms with Crippen LogP contribution in [0, 0.1) is 17.8 Å². The monoisotopic (exact) mass is 449 g/mol. The van der Waals surface area contributed by atoms with Gasteiger partial charge in [0.25, 0.3) is 0 Å². The molecule has 0 bridgehead atoms. The van der Waals surface area contributed by atoms with Crippen molar-refractivity contribution < 1.29 is 19.4 Å². The van der Waals surface area contributed by atoms with E-state index in [1.807, 2.05) is 39.5 Å². The van der Waals surface area contributed by atoms with E-state index in [0.29, 0.717) is 24.2 Å². The Kier molecular flexibility index (Phi) is 7.98. The smallest absolute Gasteiger partial charge is 0.410 e. The normalized spacial score (nSPS) is 22.5. The van der Waals surface area contributed by atoms with Crippen LogP contribution >= 0.6 is 11.8 Å². The van der Waals surface area contributed by atoms with Crippen molar-refractivity contribution in [1.29, 1.82) is 0 Å². The number of hydrogen-bond donors (Lipinski definition) is 1. The number of nitrogens with zero attached hydrogens (tertiary/aromatic N) is 1. The number of piperidine rings is 1. The SMILES string of the molecule is CC(C)(O)CSc1ccc(COC[C@@H]2C[C@@H]2C2CCN(C(=O)OC(C)(C)C)CC2)cc1. The number of amides is 1. The van der Waals surface area contributed by atoms with E-state index >= 15 is 0 Å². The van der Waals surface area contributed by atoms with Gasteiger partial charge in [-0.15, -0.1) is 11.8 Å². The lowest BCUT2D eigenvalue weighted by Gasteiger charge is -2.33. The highest BCUT2D eigenvalue weighted by molar-refractivity contribution is 7.99. The lowest BCUT2D eigenvalue weighted by atomic mass is 9.91. The predicted molar refractivity (Wildman–Crippen MR) is 125 cm³/mol. The molecule has 1 aromatic carbocycles. The second kappa shape index (κ2) is 10.1. The highest BCUT2D eigenvalue weighted by Gasteiger charge is 2.44. The predicted octanol–water partition coefficient (Wildman–Crippen LogP) is 5.35. The van der Waals surface area contributed by atoms with Crippen LogP contribution in [0.15, 0.2) is 29.2 Å². The Morgan fingerprint density at radius 3 is 2.35 bits per heavy atom. The van der Waals surface area contributed by atoms with Gasteiger partial charge in [-0.05, 0) is 89.3 Å². The summed E-state index contributed by atoms with van der Waals surface area (Å²) in [5.74, 6) is 2.81. The highest BCUT2D eigenvalue weighted by Crippen LogP contribution is 2.48. The van der Waals surface area contributed by atoms with E-state index in [0.717, 1.165) is 38.5 Å². The Labute approximate surface area is 191 Å². The molecule has 2 atom stereocenters. The van der Waals surface area contributed by atoms with Crippen molar-refractivity contribution in [3.63, 3.8) is 0 Å². The molecular formula is C25H39NO4S. The molecule has 0 spiro atoms. The molecule has 1 N–H and O–H groups in total. The molecule has 174 valence electrons. The number of aliphatic hydroxyl groups is 1. The molecule has 2 fully saturated rings. The van der Waals surface area contributed by atoms with Crippen molar-refractivity contribution in [2.24, 2.45) is 17.8 Å². The van der Waals surface area contributed by atoms with Crippen molar-refractivity contribution in [1.82, 2.24) is 4.90 Å². The summed E-state index contributed by atoms with van der Waals surface area (Å²) in [5, 5.41) is 9.84. The molecule has 1 saturated heterocycles. The first-order valence-corrected chi connectivity index (χ1v) is 12.5. The Hall–Kier alpha value is -1.24. The summed E-state index contributed by atoms with van der Waals surface area (Å²) < 4.78 is 11.5. The van der Waals surface area contributed by atoms with Gasteiger partial charge in [0, 0.05) is 23.7 Å². The minimum atomic E-state index is -0.653. The highest BCUT2D eigenvalue weighted by atomic mass is 32.2. The average Bonchev–Trinajstić information content (AvgIpc) is 3.45. The van der Waals surface area contributed by atoms with Crippen molar-refractivity contribution in [3.8, 4) is 0 Å². The molecule has 0 radical (unpaired) electrons. The third-order valence-electron chi connectivity index (χ3n) is 5.89. The summed E-state index contributed by atoms with van der Waals surface area (Å²) in [6, 6.07) is 8.44. The first-order chi connectivity index (χ1) is 14.5. The second-order valence-corrected chi connectivity index (χ2v) is 11.8. The molecule has 0 unspecified atom stereocenters.